The molecule has 140 valence electrons. The molecule has 0 aromatic heterocycles. The molecule has 0 unspecified atom stereocenters. The Hall–Kier alpha value is -2.98. The molecule has 0 saturated carbocycles. The van der Waals surface area contributed by atoms with Crippen LogP contribution in [-0.2, 0) is 4.79 Å². The van der Waals surface area contributed by atoms with Crippen LogP contribution in [0, 0.1) is 11.3 Å². The number of nitriles is 1. The Labute approximate surface area is 166 Å². The molecule has 2 aromatic carbocycles. The van der Waals surface area contributed by atoms with Gasteiger partial charge >= 0.3 is 0 Å². The molecular formula is C20H19BrN2O4. The molecule has 0 atom stereocenters. The molecule has 0 aliphatic carbocycles. The second-order valence-corrected chi connectivity index (χ2v) is 6.17. The Balaban J connectivity index is 2.27. The summed E-state index contributed by atoms with van der Waals surface area (Å²) < 4.78 is 16.6. The van der Waals surface area contributed by atoms with Gasteiger partial charge < -0.3 is 19.5 Å². The molecule has 0 aliphatic rings. The fourth-order valence-corrected chi connectivity index (χ4v) is 2.87. The maximum Gasteiger partial charge on any atom is 0.266 e. The van der Waals surface area contributed by atoms with Gasteiger partial charge in [-0.2, -0.15) is 5.26 Å². The SMILES string of the molecule is CCOc1c(Br)cc(/C=C(/C#N)C(=O)Nc2ccc(OC)cc2)cc1OC. The molecule has 0 heterocycles. The standard InChI is InChI=1S/C20H19BrN2O4/c1-4-27-19-17(21)10-13(11-18(19)26-3)9-14(12-22)20(24)23-15-5-7-16(25-2)8-6-15/h5-11H,4H2,1-3H3,(H,23,24)/b14-9-. The molecule has 0 fully saturated rings. The summed E-state index contributed by atoms with van der Waals surface area (Å²) in [5.41, 5.74) is 1.15. The van der Waals surface area contributed by atoms with E-state index in [9.17, 15) is 10.1 Å². The first kappa shape index (κ1) is 20.3. The Kier molecular flexibility index (Phi) is 7.26. The number of anilines is 1. The van der Waals surface area contributed by atoms with E-state index in [0.29, 0.717) is 39.6 Å². The first-order valence-electron chi connectivity index (χ1n) is 8.09. The smallest absolute Gasteiger partial charge is 0.266 e. The fourth-order valence-electron chi connectivity index (χ4n) is 2.30. The minimum atomic E-state index is -0.508. The normalized spacial score (nSPS) is 10.7. The van der Waals surface area contributed by atoms with E-state index in [-0.39, 0.29) is 5.57 Å². The molecule has 1 N–H and O–H groups in total. The van der Waals surface area contributed by atoms with Gasteiger partial charge in [-0.25, -0.2) is 0 Å². The van der Waals surface area contributed by atoms with E-state index < -0.39 is 5.91 Å². The van der Waals surface area contributed by atoms with Gasteiger partial charge in [0.25, 0.3) is 5.91 Å². The molecule has 7 heteroatoms. The van der Waals surface area contributed by atoms with Crippen molar-refractivity contribution in [1.82, 2.24) is 0 Å². The van der Waals surface area contributed by atoms with Gasteiger partial charge in [-0.15, -0.1) is 0 Å². The number of rotatable bonds is 7. The number of amides is 1. The molecule has 0 radical (unpaired) electrons. The largest absolute Gasteiger partial charge is 0.497 e. The van der Waals surface area contributed by atoms with Crippen LogP contribution >= 0.6 is 15.9 Å². The predicted molar refractivity (Wildman–Crippen MR) is 107 cm³/mol. The minimum Gasteiger partial charge on any atom is -0.497 e. The van der Waals surface area contributed by atoms with Crippen LogP contribution in [0.2, 0.25) is 0 Å². The lowest BCUT2D eigenvalue weighted by atomic mass is 10.1. The number of hydrogen-bond donors (Lipinski definition) is 1. The average Bonchev–Trinajstić information content (AvgIpc) is 2.68. The number of nitrogens with one attached hydrogen (secondary N) is 1. The van der Waals surface area contributed by atoms with Crippen molar-refractivity contribution in [2.45, 2.75) is 6.92 Å². The zero-order valence-corrected chi connectivity index (χ0v) is 16.8. The number of carbonyl (C=O) groups is 1. The van der Waals surface area contributed by atoms with E-state index in [0.717, 1.165) is 0 Å². The zero-order valence-electron chi connectivity index (χ0n) is 15.2. The molecular weight excluding hydrogens is 412 g/mol. The molecule has 0 spiro atoms. The van der Waals surface area contributed by atoms with Crippen molar-refractivity contribution in [3.8, 4) is 23.3 Å². The fraction of sp³-hybridized carbons (Fsp3) is 0.200. The summed E-state index contributed by atoms with van der Waals surface area (Å²) in [5.74, 6) is 1.24. The van der Waals surface area contributed by atoms with Crippen molar-refractivity contribution >= 4 is 33.6 Å². The topological polar surface area (TPSA) is 80.6 Å². The first-order chi connectivity index (χ1) is 13.0. The summed E-state index contributed by atoms with van der Waals surface area (Å²) in [5, 5.41) is 12.1. The van der Waals surface area contributed by atoms with E-state index in [2.05, 4.69) is 21.2 Å². The van der Waals surface area contributed by atoms with Crippen molar-refractivity contribution in [2.75, 3.05) is 26.1 Å². The number of nitrogens with zero attached hydrogens (tertiary/aromatic N) is 1. The van der Waals surface area contributed by atoms with E-state index in [1.807, 2.05) is 13.0 Å². The van der Waals surface area contributed by atoms with Gasteiger partial charge in [-0.1, -0.05) is 0 Å². The third-order valence-electron chi connectivity index (χ3n) is 3.56. The molecule has 0 aliphatic heterocycles. The van der Waals surface area contributed by atoms with Crippen molar-refractivity contribution < 1.29 is 19.0 Å². The lowest BCUT2D eigenvalue weighted by Crippen LogP contribution is -2.13. The number of hydrogen-bond acceptors (Lipinski definition) is 5. The maximum atomic E-state index is 12.4. The van der Waals surface area contributed by atoms with E-state index in [1.54, 1.807) is 43.5 Å². The van der Waals surface area contributed by atoms with Gasteiger partial charge in [0.2, 0.25) is 0 Å². The highest BCUT2D eigenvalue weighted by atomic mass is 79.9. The highest BCUT2D eigenvalue weighted by molar-refractivity contribution is 9.10. The predicted octanol–water partition coefficient (Wildman–Crippen LogP) is 4.41. The number of methoxy groups -OCH3 is 2. The van der Waals surface area contributed by atoms with Crippen LogP contribution < -0.4 is 19.5 Å². The highest BCUT2D eigenvalue weighted by Crippen LogP contribution is 2.37. The minimum absolute atomic E-state index is 0.0380. The molecule has 2 rings (SSSR count). The third-order valence-corrected chi connectivity index (χ3v) is 4.15. The van der Waals surface area contributed by atoms with Crippen molar-refractivity contribution in [1.29, 1.82) is 5.26 Å². The lowest BCUT2D eigenvalue weighted by Gasteiger charge is -2.12. The zero-order chi connectivity index (χ0) is 19.8. The Morgan fingerprint density at radius 3 is 2.48 bits per heavy atom. The molecule has 1 amide bonds. The quantitative estimate of drug-likeness (QED) is 0.519. The van der Waals surface area contributed by atoms with Gasteiger partial charge in [0.15, 0.2) is 11.5 Å². The lowest BCUT2D eigenvalue weighted by molar-refractivity contribution is -0.112. The molecule has 2 aromatic rings. The molecule has 27 heavy (non-hydrogen) atoms. The first-order valence-corrected chi connectivity index (χ1v) is 8.89. The van der Waals surface area contributed by atoms with Gasteiger partial charge in [0.1, 0.15) is 17.4 Å². The molecule has 0 bridgehead atoms. The number of ether oxygens (including phenoxy) is 3. The van der Waals surface area contributed by atoms with Crippen LogP contribution in [0.25, 0.3) is 6.08 Å². The van der Waals surface area contributed by atoms with E-state index in [1.165, 1.54) is 13.2 Å². The Morgan fingerprint density at radius 2 is 1.93 bits per heavy atom. The van der Waals surface area contributed by atoms with Gasteiger partial charge in [-0.3, -0.25) is 4.79 Å². The monoisotopic (exact) mass is 430 g/mol. The Morgan fingerprint density at radius 1 is 1.22 bits per heavy atom. The van der Waals surface area contributed by atoms with Crippen LogP contribution in [0.5, 0.6) is 17.2 Å². The molecule has 6 nitrogen and oxygen atoms in total. The number of benzene rings is 2. The van der Waals surface area contributed by atoms with Crippen molar-refractivity contribution in [3.05, 3.63) is 52.0 Å². The van der Waals surface area contributed by atoms with Crippen LogP contribution in [-0.4, -0.2) is 26.7 Å². The van der Waals surface area contributed by atoms with E-state index >= 15 is 0 Å². The van der Waals surface area contributed by atoms with Crippen LogP contribution in [0.15, 0.2) is 46.4 Å². The second kappa shape index (κ2) is 9.64. The summed E-state index contributed by atoms with van der Waals surface area (Å²) in [7, 11) is 3.09. The average molecular weight is 431 g/mol. The van der Waals surface area contributed by atoms with Crippen LogP contribution in [0.3, 0.4) is 0 Å². The molecule has 0 saturated heterocycles. The summed E-state index contributed by atoms with van der Waals surface area (Å²) in [6.07, 6.45) is 1.49. The highest BCUT2D eigenvalue weighted by Gasteiger charge is 2.14. The summed E-state index contributed by atoms with van der Waals surface area (Å²) in [6, 6.07) is 12.2. The summed E-state index contributed by atoms with van der Waals surface area (Å²) >= 11 is 3.43. The van der Waals surface area contributed by atoms with Crippen LogP contribution in [0.4, 0.5) is 5.69 Å². The third kappa shape index (κ3) is 5.25. The second-order valence-electron chi connectivity index (χ2n) is 5.32. The van der Waals surface area contributed by atoms with Crippen molar-refractivity contribution in [2.24, 2.45) is 0 Å². The summed E-state index contributed by atoms with van der Waals surface area (Å²) in [4.78, 5) is 12.4. The summed E-state index contributed by atoms with van der Waals surface area (Å²) in [6.45, 7) is 2.36. The van der Waals surface area contributed by atoms with Crippen LogP contribution in [0.1, 0.15) is 12.5 Å². The number of carbonyl (C=O) groups excluding carboxylic acids is 1. The van der Waals surface area contributed by atoms with Gasteiger partial charge in [-0.05, 0) is 70.9 Å². The van der Waals surface area contributed by atoms with Gasteiger partial charge in [0.05, 0.1) is 25.3 Å². The number of halogens is 1. The maximum absolute atomic E-state index is 12.4. The Bertz CT molecular complexity index is 886. The van der Waals surface area contributed by atoms with E-state index in [4.69, 9.17) is 14.2 Å². The van der Waals surface area contributed by atoms with Gasteiger partial charge in [0, 0.05) is 5.69 Å². The van der Waals surface area contributed by atoms with Crippen molar-refractivity contribution in [3.63, 3.8) is 0 Å².